The number of aryl methyl sites for hydroxylation is 1. The first-order valence-electron chi connectivity index (χ1n) is 8.30. The molecule has 1 unspecified atom stereocenters. The molecule has 0 amide bonds. The van der Waals surface area contributed by atoms with E-state index in [0.29, 0.717) is 6.54 Å². The molecule has 2 aromatic carbocycles. The van der Waals surface area contributed by atoms with E-state index in [-0.39, 0.29) is 0 Å². The maximum atomic E-state index is 10.5. The van der Waals surface area contributed by atoms with E-state index in [1.54, 1.807) is 0 Å². The van der Waals surface area contributed by atoms with Crippen LogP contribution in [0.1, 0.15) is 35.8 Å². The quantitative estimate of drug-likeness (QED) is 0.716. The van der Waals surface area contributed by atoms with Gasteiger partial charge in [0.1, 0.15) is 0 Å². The van der Waals surface area contributed by atoms with Gasteiger partial charge in [0.25, 0.3) is 0 Å². The second-order valence-corrected chi connectivity index (χ2v) is 6.69. The standard InChI is InChI=1S/C20H19ClN2O/c21-14-10-8-13(9-11-14)12-22-20-15-4-1-2-5-16(15)23-17-6-3-7-18(24)19(17)20/h1-2,4-5,8-11,18,24H,3,6-7,12H2,(H,22,23). The van der Waals surface area contributed by atoms with Crippen LogP contribution in [0.5, 0.6) is 0 Å². The van der Waals surface area contributed by atoms with Gasteiger partial charge in [0.2, 0.25) is 0 Å². The van der Waals surface area contributed by atoms with Gasteiger partial charge in [-0.2, -0.15) is 0 Å². The average Bonchev–Trinajstić information content (AvgIpc) is 2.60. The van der Waals surface area contributed by atoms with Crippen LogP contribution in [0.25, 0.3) is 10.9 Å². The lowest BCUT2D eigenvalue weighted by Crippen LogP contribution is -2.15. The third-order valence-electron chi connectivity index (χ3n) is 4.62. The van der Waals surface area contributed by atoms with Gasteiger partial charge < -0.3 is 10.4 Å². The lowest BCUT2D eigenvalue weighted by atomic mass is 9.90. The number of aliphatic hydroxyl groups is 1. The molecule has 2 N–H and O–H groups in total. The molecule has 0 spiro atoms. The molecule has 3 aromatic rings. The van der Waals surface area contributed by atoms with E-state index < -0.39 is 6.10 Å². The molecular formula is C20H19ClN2O. The van der Waals surface area contributed by atoms with Crippen molar-refractivity contribution >= 4 is 28.2 Å². The van der Waals surface area contributed by atoms with Gasteiger partial charge in [-0.25, -0.2) is 0 Å². The van der Waals surface area contributed by atoms with Crippen molar-refractivity contribution in [2.45, 2.75) is 31.9 Å². The monoisotopic (exact) mass is 338 g/mol. The number of nitrogens with one attached hydrogen (secondary N) is 1. The first kappa shape index (κ1) is 15.4. The number of hydrogen-bond acceptors (Lipinski definition) is 3. The minimum atomic E-state index is -0.446. The Morgan fingerprint density at radius 3 is 2.75 bits per heavy atom. The molecule has 1 aliphatic carbocycles. The third kappa shape index (κ3) is 2.85. The summed E-state index contributed by atoms with van der Waals surface area (Å²) < 4.78 is 0. The predicted molar refractivity (Wildman–Crippen MR) is 98.4 cm³/mol. The smallest absolute Gasteiger partial charge is 0.0828 e. The van der Waals surface area contributed by atoms with Crippen LogP contribution in [0.2, 0.25) is 5.02 Å². The zero-order chi connectivity index (χ0) is 16.5. The van der Waals surface area contributed by atoms with Crippen LogP contribution >= 0.6 is 11.6 Å². The van der Waals surface area contributed by atoms with E-state index in [1.165, 1.54) is 0 Å². The van der Waals surface area contributed by atoms with E-state index in [4.69, 9.17) is 16.6 Å². The highest BCUT2D eigenvalue weighted by atomic mass is 35.5. The largest absolute Gasteiger partial charge is 0.388 e. The molecule has 0 saturated carbocycles. The zero-order valence-electron chi connectivity index (χ0n) is 13.3. The summed E-state index contributed by atoms with van der Waals surface area (Å²) in [5, 5.41) is 15.9. The van der Waals surface area contributed by atoms with Gasteiger partial charge >= 0.3 is 0 Å². The van der Waals surface area contributed by atoms with E-state index >= 15 is 0 Å². The van der Waals surface area contributed by atoms with Crippen LogP contribution in [0, 0.1) is 0 Å². The Labute approximate surface area is 146 Å². The van der Waals surface area contributed by atoms with Gasteiger partial charge in [0, 0.05) is 28.2 Å². The Morgan fingerprint density at radius 1 is 1.12 bits per heavy atom. The number of fused-ring (bicyclic) bond motifs is 2. The summed E-state index contributed by atoms with van der Waals surface area (Å²) in [6.07, 6.45) is 2.25. The minimum absolute atomic E-state index is 0.446. The van der Waals surface area contributed by atoms with Crippen molar-refractivity contribution in [3.63, 3.8) is 0 Å². The van der Waals surface area contributed by atoms with E-state index in [9.17, 15) is 5.11 Å². The van der Waals surface area contributed by atoms with Gasteiger partial charge in [-0.3, -0.25) is 4.98 Å². The van der Waals surface area contributed by atoms with E-state index in [0.717, 1.165) is 57.7 Å². The Morgan fingerprint density at radius 2 is 1.92 bits per heavy atom. The normalized spacial score (nSPS) is 16.8. The average molecular weight is 339 g/mol. The molecule has 0 radical (unpaired) electrons. The van der Waals surface area contributed by atoms with Crippen LogP contribution in [0.15, 0.2) is 48.5 Å². The fourth-order valence-corrected chi connectivity index (χ4v) is 3.54. The van der Waals surface area contributed by atoms with Crippen LogP contribution in [0.4, 0.5) is 5.69 Å². The van der Waals surface area contributed by atoms with Crippen molar-refractivity contribution < 1.29 is 5.11 Å². The molecule has 122 valence electrons. The SMILES string of the molecule is OC1CCCc2nc3ccccc3c(NCc3ccc(Cl)cc3)c21. The highest BCUT2D eigenvalue weighted by Gasteiger charge is 2.24. The van der Waals surface area contributed by atoms with Crippen LogP contribution in [0.3, 0.4) is 0 Å². The first-order chi connectivity index (χ1) is 11.7. The molecule has 0 aliphatic heterocycles. The van der Waals surface area contributed by atoms with Crippen LogP contribution in [-0.4, -0.2) is 10.1 Å². The van der Waals surface area contributed by atoms with Gasteiger partial charge in [0.15, 0.2) is 0 Å². The Bertz CT molecular complexity index is 877. The van der Waals surface area contributed by atoms with Crippen molar-refractivity contribution in [3.05, 3.63) is 70.4 Å². The number of benzene rings is 2. The Balaban J connectivity index is 1.77. The Hall–Kier alpha value is -2.10. The summed E-state index contributed by atoms with van der Waals surface area (Å²) in [4.78, 5) is 4.78. The molecule has 24 heavy (non-hydrogen) atoms. The molecule has 4 rings (SSSR count). The van der Waals surface area contributed by atoms with Crippen molar-refractivity contribution in [1.29, 1.82) is 0 Å². The number of nitrogens with zero attached hydrogens (tertiary/aromatic N) is 1. The molecule has 1 aliphatic rings. The topological polar surface area (TPSA) is 45.2 Å². The molecule has 0 saturated heterocycles. The summed E-state index contributed by atoms with van der Waals surface area (Å²) in [7, 11) is 0. The van der Waals surface area contributed by atoms with Gasteiger partial charge in [-0.15, -0.1) is 0 Å². The Kier molecular flexibility index (Phi) is 4.13. The van der Waals surface area contributed by atoms with Crippen LogP contribution < -0.4 is 5.32 Å². The van der Waals surface area contributed by atoms with E-state index in [2.05, 4.69) is 11.4 Å². The highest BCUT2D eigenvalue weighted by molar-refractivity contribution is 6.30. The molecule has 4 heteroatoms. The summed E-state index contributed by atoms with van der Waals surface area (Å²) in [6, 6.07) is 15.9. The second-order valence-electron chi connectivity index (χ2n) is 6.25. The zero-order valence-corrected chi connectivity index (χ0v) is 14.1. The second kappa shape index (κ2) is 6.42. The predicted octanol–water partition coefficient (Wildman–Crippen LogP) is 4.87. The molecule has 0 bridgehead atoms. The minimum Gasteiger partial charge on any atom is -0.388 e. The van der Waals surface area contributed by atoms with Crippen molar-refractivity contribution in [1.82, 2.24) is 4.98 Å². The maximum absolute atomic E-state index is 10.5. The van der Waals surface area contributed by atoms with Gasteiger partial charge in [-0.05, 0) is 43.0 Å². The van der Waals surface area contributed by atoms with Crippen molar-refractivity contribution in [2.24, 2.45) is 0 Å². The summed E-state index contributed by atoms with van der Waals surface area (Å²) in [5.41, 5.74) is 5.13. The number of para-hydroxylation sites is 1. The number of aliphatic hydroxyl groups excluding tert-OH is 1. The number of rotatable bonds is 3. The van der Waals surface area contributed by atoms with Gasteiger partial charge in [0.05, 0.1) is 17.3 Å². The first-order valence-corrected chi connectivity index (χ1v) is 8.68. The summed E-state index contributed by atoms with van der Waals surface area (Å²) >= 11 is 5.96. The number of anilines is 1. The van der Waals surface area contributed by atoms with Gasteiger partial charge in [-0.1, -0.05) is 41.9 Å². The molecule has 3 nitrogen and oxygen atoms in total. The lowest BCUT2D eigenvalue weighted by molar-refractivity contribution is 0.156. The molecule has 0 fully saturated rings. The summed E-state index contributed by atoms with van der Waals surface area (Å²) in [5.74, 6) is 0. The lowest BCUT2D eigenvalue weighted by Gasteiger charge is -2.25. The number of halogens is 1. The summed E-state index contributed by atoms with van der Waals surface area (Å²) in [6.45, 7) is 0.685. The fraction of sp³-hybridized carbons (Fsp3) is 0.250. The van der Waals surface area contributed by atoms with Crippen molar-refractivity contribution in [3.8, 4) is 0 Å². The number of hydrogen-bond donors (Lipinski definition) is 2. The third-order valence-corrected chi connectivity index (χ3v) is 4.87. The molecule has 1 aromatic heterocycles. The maximum Gasteiger partial charge on any atom is 0.0828 e. The molecule has 1 atom stereocenters. The van der Waals surface area contributed by atoms with Crippen molar-refractivity contribution in [2.75, 3.05) is 5.32 Å². The van der Waals surface area contributed by atoms with E-state index in [1.807, 2.05) is 42.5 Å². The number of aromatic nitrogens is 1. The molecular weight excluding hydrogens is 320 g/mol. The highest BCUT2D eigenvalue weighted by Crippen LogP contribution is 2.38. The fourth-order valence-electron chi connectivity index (χ4n) is 3.42. The van der Waals surface area contributed by atoms with Crippen LogP contribution in [-0.2, 0) is 13.0 Å². The molecule has 1 heterocycles. The number of pyridine rings is 1.